The fourth-order valence-electron chi connectivity index (χ4n) is 1.98. The summed E-state index contributed by atoms with van der Waals surface area (Å²) in [5.74, 6) is -0.351. The Morgan fingerprint density at radius 3 is 2.58 bits per heavy atom. The fraction of sp³-hybridized carbons (Fsp3) is 0.200. The Hall–Kier alpha value is -2.36. The van der Waals surface area contributed by atoms with Gasteiger partial charge in [0.25, 0.3) is 11.5 Å². The summed E-state index contributed by atoms with van der Waals surface area (Å²) in [6.07, 6.45) is 1.77. The number of carbonyl (C=O) groups excluding carboxylic acids is 1. The second-order valence-electron chi connectivity index (χ2n) is 4.43. The molecule has 0 radical (unpaired) electrons. The van der Waals surface area contributed by atoms with Crippen LogP contribution in [0.15, 0.2) is 47.4 Å². The average molecular weight is 256 g/mol. The van der Waals surface area contributed by atoms with Gasteiger partial charge in [0.2, 0.25) is 0 Å². The second kappa shape index (κ2) is 5.52. The van der Waals surface area contributed by atoms with Crippen LogP contribution < -0.4 is 10.9 Å². The first-order valence-corrected chi connectivity index (χ1v) is 6.09. The highest BCUT2D eigenvalue weighted by Gasteiger charge is 2.11. The van der Waals surface area contributed by atoms with E-state index in [0.717, 1.165) is 11.1 Å². The van der Waals surface area contributed by atoms with Gasteiger partial charge in [-0.1, -0.05) is 30.3 Å². The van der Waals surface area contributed by atoms with Gasteiger partial charge >= 0.3 is 0 Å². The van der Waals surface area contributed by atoms with E-state index < -0.39 is 0 Å². The zero-order valence-corrected chi connectivity index (χ0v) is 11.0. The topological polar surface area (TPSA) is 51.1 Å². The number of pyridine rings is 1. The highest BCUT2D eigenvalue weighted by atomic mass is 16.2. The number of nitrogens with zero attached hydrogens (tertiary/aromatic N) is 1. The Labute approximate surface area is 111 Å². The minimum absolute atomic E-state index is 0.179. The van der Waals surface area contributed by atoms with E-state index in [-0.39, 0.29) is 17.0 Å². The predicted octanol–water partition coefficient (Wildman–Crippen LogP) is 1.56. The van der Waals surface area contributed by atoms with E-state index in [9.17, 15) is 9.59 Å². The molecule has 0 aliphatic rings. The third-order valence-electron chi connectivity index (χ3n) is 2.89. The molecule has 1 amide bonds. The summed E-state index contributed by atoms with van der Waals surface area (Å²) in [5.41, 5.74) is 1.82. The van der Waals surface area contributed by atoms with Gasteiger partial charge in [0, 0.05) is 13.2 Å². The van der Waals surface area contributed by atoms with Crippen molar-refractivity contribution in [3.8, 4) is 0 Å². The highest BCUT2D eigenvalue weighted by molar-refractivity contribution is 5.93. The van der Waals surface area contributed by atoms with Crippen LogP contribution >= 0.6 is 0 Å². The largest absolute Gasteiger partial charge is 0.355 e. The first-order chi connectivity index (χ1) is 9.11. The normalized spacial score (nSPS) is 10.2. The number of aryl methyl sites for hydroxylation is 1. The molecule has 1 N–H and O–H groups in total. The van der Waals surface area contributed by atoms with Crippen LogP contribution in [0.4, 0.5) is 0 Å². The molecular formula is C15H16N2O2. The fourth-order valence-corrected chi connectivity index (χ4v) is 1.98. The van der Waals surface area contributed by atoms with E-state index in [4.69, 9.17) is 0 Å². The Morgan fingerprint density at radius 2 is 1.95 bits per heavy atom. The molecule has 1 aromatic heterocycles. The lowest BCUT2D eigenvalue weighted by Gasteiger charge is -2.09. The Morgan fingerprint density at radius 1 is 1.26 bits per heavy atom. The maximum absolute atomic E-state index is 12.2. The van der Waals surface area contributed by atoms with Crippen molar-refractivity contribution in [1.82, 2.24) is 9.88 Å². The smallest absolute Gasteiger partial charge is 0.263 e. The molecule has 0 saturated carbocycles. The van der Waals surface area contributed by atoms with Gasteiger partial charge in [0.15, 0.2) is 0 Å². The molecule has 0 atom stereocenters. The standard InChI is InChI=1S/C15H16N2O2/c1-11-8-13(14(18)16-2)15(19)17(9-11)10-12-6-4-3-5-7-12/h3-9H,10H2,1-2H3,(H,16,18). The van der Waals surface area contributed by atoms with Gasteiger partial charge in [0.1, 0.15) is 5.56 Å². The summed E-state index contributed by atoms with van der Waals surface area (Å²) in [4.78, 5) is 23.9. The van der Waals surface area contributed by atoms with Crippen LogP contribution in [0.25, 0.3) is 0 Å². The summed E-state index contributed by atoms with van der Waals surface area (Å²) in [6.45, 7) is 2.33. The summed E-state index contributed by atoms with van der Waals surface area (Å²) in [5, 5.41) is 2.49. The Kier molecular flexibility index (Phi) is 3.80. The molecule has 1 heterocycles. The van der Waals surface area contributed by atoms with E-state index in [2.05, 4.69) is 5.32 Å². The molecule has 0 saturated heterocycles. The number of nitrogens with one attached hydrogen (secondary N) is 1. The molecule has 0 spiro atoms. The molecule has 2 aromatic rings. The average Bonchev–Trinajstić information content (AvgIpc) is 2.42. The van der Waals surface area contributed by atoms with E-state index in [1.54, 1.807) is 16.8 Å². The van der Waals surface area contributed by atoms with E-state index in [0.29, 0.717) is 6.54 Å². The molecule has 0 bridgehead atoms. The zero-order valence-electron chi connectivity index (χ0n) is 11.0. The number of carbonyl (C=O) groups is 1. The molecule has 4 nitrogen and oxygen atoms in total. The van der Waals surface area contributed by atoms with Gasteiger partial charge in [-0.3, -0.25) is 9.59 Å². The lowest BCUT2D eigenvalue weighted by atomic mass is 10.1. The van der Waals surface area contributed by atoms with Gasteiger partial charge in [-0.15, -0.1) is 0 Å². The van der Waals surface area contributed by atoms with Crippen molar-refractivity contribution in [2.24, 2.45) is 0 Å². The van der Waals surface area contributed by atoms with Gasteiger partial charge in [0.05, 0.1) is 6.54 Å². The van der Waals surface area contributed by atoms with Crippen LogP contribution in [0.3, 0.4) is 0 Å². The molecule has 4 heteroatoms. The van der Waals surface area contributed by atoms with Crippen LogP contribution in [-0.4, -0.2) is 17.5 Å². The van der Waals surface area contributed by atoms with Gasteiger partial charge in [-0.2, -0.15) is 0 Å². The minimum atomic E-state index is -0.351. The van der Waals surface area contributed by atoms with Gasteiger partial charge in [-0.25, -0.2) is 0 Å². The number of hydrogen-bond donors (Lipinski definition) is 1. The van der Waals surface area contributed by atoms with Crippen LogP contribution in [-0.2, 0) is 6.54 Å². The molecule has 0 fully saturated rings. The second-order valence-corrected chi connectivity index (χ2v) is 4.43. The number of rotatable bonds is 3. The van der Waals surface area contributed by atoms with Crippen LogP contribution in [0.1, 0.15) is 21.5 Å². The monoisotopic (exact) mass is 256 g/mol. The number of amides is 1. The van der Waals surface area contributed by atoms with Crippen molar-refractivity contribution in [3.63, 3.8) is 0 Å². The molecule has 0 aliphatic heterocycles. The van der Waals surface area contributed by atoms with E-state index in [1.165, 1.54) is 7.05 Å². The Balaban J connectivity index is 2.44. The molecule has 2 rings (SSSR count). The molecule has 19 heavy (non-hydrogen) atoms. The van der Waals surface area contributed by atoms with Crippen molar-refractivity contribution >= 4 is 5.91 Å². The Bertz CT molecular complexity index is 645. The SMILES string of the molecule is CNC(=O)c1cc(C)cn(Cc2ccccc2)c1=O. The van der Waals surface area contributed by atoms with Crippen molar-refractivity contribution in [1.29, 1.82) is 0 Å². The third-order valence-corrected chi connectivity index (χ3v) is 2.89. The summed E-state index contributed by atoms with van der Waals surface area (Å²) >= 11 is 0. The molecule has 1 aromatic carbocycles. The summed E-state index contributed by atoms with van der Waals surface area (Å²) in [6, 6.07) is 11.3. The number of hydrogen-bond acceptors (Lipinski definition) is 2. The predicted molar refractivity (Wildman–Crippen MR) is 74.4 cm³/mol. The minimum Gasteiger partial charge on any atom is -0.355 e. The van der Waals surface area contributed by atoms with Crippen molar-refractivity contribution < 1.29 is 4.79 Å². The van der Waals surface area contributed by atoms with Crippen LogP contribution in [0.5, 0.6) is 0 Å². The quantitative estimate of drug-likeness (QED) is 0.906. The molecular weight excluding hydrogens is 240 g/mol. The van der Waals surface area contributed by atoms with Crippen molar-refractivity contribution in [3.05, 3.63) is 69.6 Å². The highest BCUT2D eigenvalue weighted by Crippen LogP contribution is 2.04. The maximum Gasteiger partial charge on any atom is 0.263 e. The van der Waals surface area contributed by atoms with Crippen molar-refractivity contribution in [2.75, 3.05) is 7.05 Å². The van der Waals surface area contributed by atoms with Crippen LogP contribution in [0, 0.1) is 6.92 Å². The molecule has 98 valence electrons. The maximum atomic E-state index is 12.2. The van der Waals surface area contributed by atoms with Crippen LogP contribution in [0.2, 0.25) is 0 Å². The zero-order chi connectivity index (χ0) is 13.8. The lowest BCUT2D eigenvalue weighted by molar-refractivity contribution is 0.0961. The lowest BCUT2D eigenvalue weighted by Crippen LogP contribution is -2.31. The van der Waals surface area contributed by atoms with Gasteiger partial charge < -0.3 is 9.88 Å². The summed E-state index contributed by atoms with van der Waals surface area (Å²) < 4.78 is 1.56. The molecule has 0 aliphatic carbocycles. The van der Waals surface area contributed by atoms with Gasteiger partial charge in [-0.05, 0) is 24.1 Å². The molecule has 0 unspecified atom stereocenters. The number of benzene rings is 1. The van der Waals surface area contributed by atoms with E-state index in [1.807, 2.05) is 37.3 Å². The first kappa shape index (κ1) is 13.1. The first-order valence-electron chi connectivity index (χ1n) is 6.09. The summed E-state index contributed by atoms with van der Waals surface area (Å²) in [7, 11) is 1.52. The number of aromatic nitrogens is 1. The van der Waals surface area contributed by atoms with E-state index >= 15 is 0 Å². The third kappa shape index (κ3) is 2.91. The van der Waals surface area contributed by atoms with Crippen molar-refractivity contribution in [2.45, 2.75) is 13.5 Å².